The van der Waals surface area contributed by atoms with E-state index in [2.05, 4.69) is 16.2 Å². The third kappa shape index (κ3) is 3.77. The lowest BCUT2D eigenvalue weighted by Gasteiger charge is -2.08. The van der Waals surface area contributed by atoms with Crippen LogP contribution in [0.5, 0.6) is 11.5 Å². The van der Waals surface area contributed by atoms with Crippen LogP contribution < -0.4 is 25.6 Å². The number of hydrazine groups is 1. The average molecular weight is 359 g/mol. The Morgan fingerprint density at radius 1 is 1.00 bits per heavy atom. The zero-order valence-corrected chi connectivity index (χ0v) is 14.2. The molecule has 26 heavy (non-hydrogen) atoms. The summed E-state index contributed by atoms with van der Waals surface area (Å²) in [6.45, 7) is 3.17. The number of furan rings is 1. The summed E-state index contributed by atoms with van der Waals surface area (Å²) < 4.78 is 15.6. The van der Waals surface area contributed by atoms with Gasteiger partial charge in [0.15, 0.2) is 11.5 Å². The van der Waals surface area contributed by atoms with Gasteiger partial charge in [-0.3, -0.25) is 25.2 Å². The molecule has 0 radical (unpaired) electrons. The Balaban J connectivity index is 1.47. The molecule has 0 aliphatic carbocycles. The molecule has 2 aromatic rings. The summed E-state index contributed by atoms with van der Waals surface area (Å²) in [5.74, 6) is 0.540. The van der Waals surface area contributed by atoms with Crippen LogP contribution in [0.1, 0.15) is 32.2 Å². The molecule has 0 unspecified atom stereocenters. The van der Waals surface area contributed by atoms with Crippen LogP contribution in [0.2, 0.25) is 0 Å². The second-order valence-corrected chi connectivity index (χ2v) is 5.58. The van der Waals surface area contributed by atoms with Crippen LogP contribution >= 0.6 is 0 Å². The van der Waals surface area contributed by atoms with Crippen LogP contribution in [0.25, 0.3) is 0 Å². The number of nitrogens with one attached hydrogen (secondary N) is 3. The van der Waals surface area contributed by atoms with Crippen molar-refractivity contribution >= 4 is 17.7 Å². The lowest BCUT2D eigenvalue weighted by Crippen LogP contribution is -2.46. The zero-order valence-electron chi connectivity index (χ0n) is 14.2. The number of aryl methyl sites for hydroxylation is 2. The number of rotatable bonds is 4. The molecule has 3 rings (SSSR count). The molecule has 0 saturated heterocycles. The van der Waals surface area contributed by atoms with Gasteiger partial charge in [0.05, 0.1) is 12.1 Å². The third-order valence-corrected chi connectivity index (χ3v) is 3.65. The molecule has 136 valence electrons. The predicted octanol–water partition coefficient (Wildman–Crippen LogP) is 0.816. The molecule has 9 nitrogen and oxygen atoms in total. The Hall–Kier alpha value is -3.49. The molecule has 0 saturated carbocycles. The summed E-state index contributed by atoms with van der Waals surface area (Å²) in [4.78, 5) is 35.8. The van der Waals surface area contributed by atoms with Crippen molar-refractivity contribution in [2.75, 3.05) is 13.3 Å². The van der Waals surface area contributed by atoms with Gasteiger partial charge in [-0.2, -0.15) is 0 Å². The van der Waals surface area contributed by atoms with Crippen LogP contribution in [-0.4, -0.2) is 31.1 Å². The smallest absolute Gasteiger partial charge is 0.273 e. The molecule has 0 atom stereocenters. The summed E-state index contributed by atoms with van der Waals surface area (Å²) in [5.41, 5.74) is 5.15. The number of hydrogen-bond acceptors (Lipinski definition) is 6. The van der Waals surface area contributed by atoms with Crippen LogP contribution in [0.15, 0.2) is 28.7 Å². The summed E-state index contributed by atoms with van der Waals surface area (Å²) in [6, 6.07) is 6.28. The molecule has 9 heteroatoms. The van der Waals surface area contributed by atoms with E-state index < -0.39 is 17.7 Å². The molecule has 2 heterocycles. The maximum Gasteiger partial charge on any atom is 0.273 e. The van der Waals surface area contributed by atoms with Gasteiger partial charge < -0.3 is 19.2 Å². The predicted molar refractivity (Wildman–Crippen MR) is 88.7 cm³/mol. The second kappa shape index (κ2) is 7.18. The molecule has 1 aromatic heterocycles. The molecular formula is C17H17N3O6. The fourth-order valence-electron chi connectivity index (χ4n) is 2.39. The summed E-state index contributed by atoms with van der Waals surface area (Å²) in [6.07, 6.45) is 0. The summed E-state index contributed by atoms with van der Waals surface area (Å²) in [5, 5.41) is 2.45. The van der Waals surface area contributed by atoms with Crippen molar-refractivity contribution in [3.8, 4) is 11.5 Å². The molecular weight excluding hydrogens is 342 g/mol. The molecule has 1 aliphatic heterocycles. The van der Waals surface area contributed by atoms with Gasteiger partial charge in [0.2, 0.25) is 6.79 Å². The van der Waals surface area contributed by atoms with Crippen molar-refractivity contribution in [3.63, 3.8) is 0 Å². The number of amides is 3. The van der Waals surface area contributed by atoms with Gasteiger partial charge in [-0.25, -0.2) is 0 Å². The number of ether oxygens (including phenoxy) is 2. The molecule has 1 aliphatic rings. The molecule has 3 amide bonds. The third-order valence-electron chi connectivity index (χ3n) is 3.65. The number of carbonyl (C=O) groups is 3. The van der Waals surface area contributed by atoms with Crippen molar-refractivity contribution in [2.24, 2.45) is 0 Å². The first-order chi connectivity index (χ1) is 12.4. The standard InChI is InChI=1S/C17H17N3O6/c1-9-5-12(10(2)26-9)17(23)20-19-15(21)7-18-16(22)11-3-4-13-14(6-11)25-8-24-13/h3-6H,7-8H2,1-2H3,(H,18,22)(H,19,21)(H,20,23). The quantitative estimate of drug-likeness (QED) is 0.696. The van der Waals surface area contributed by atoms with Crippen molar-refractivity contribution < 1.29 is 28.3 Å². The first-order valence-electron chi connectivity index (χ1n) is 7.78. The van der Waals surface area contributed by atoms with Gasteiger partial charge in [-0.1, -0.05) is 0 Å². The Labute approximate surface area is 148 Å². The van der Waals surface area contributed by atoms with E-state index in [1.807, 2.05) is 0 Å². The van der Waals surface area contributed by atoms with E-state index in [-0.39, 0.29) is 13.3 Å². The van der Waals surface area contributed by atoms with Crippen molar-refractivity contribution in [1.82, 2.24) is 16.2 Å². The molecule has 0 bridgehead atoms. The largest absolute Gasteiger partial charge is 0.466 e. The topological polar surface area (TPSA) is 119 Å². The molecule has 0 fully saturated rings. The van der Waals surface area contributed by atoms with E-state index in [4.69, 9.17) is 13.9 Å². The van der Waals surface area contributed by atoms with Gasteiger partial charge in [0.25, 0.3) is 17.7 Å². The maximum absolute atomic E-state index is 12.1. The van der Waals surface area contributed by atoms with E-state index in [0.717, 1.165) is 0 Å². The van der Waals surface area contributed by atoms with Crippen molar-refractivity contribution in [1.29, 1.82) is 0 Å². The van der Waals surface area contributed by atoms with E-state index in [9.17, 15) is 14.4 Å². The minimum Gasteiger partial charge on any atom is -0.466 e. The Kier molecular flexibility index (Phi) is 4.78. The summed E-state index contributed by atoms with van der Waals surface area (Å²) >= 11 is 0. The SMILES string of the molecule is Cc1cc(C(=O)NNC(=O)CNC(=O)c2ccc3c(c2)OCO3)c(C)o1. The Bertz CT molecular complexity index is 873. The Morgan fingerprint density at radius 3 is 2.50 bits per heavy atom. The minimum atomic E-state index is -0.578. The highest BCUT2D eigenvalue weighted by atomic mass is 16.7. The van der Waals surface area contributed by atoms with Crippen molar-refractivity contribution in [2.45, 2.75) is 13.8 Å². The fourth-order valence-corrected chi connectivity index (χ4v) is 2.39. The highest BCUT2D eigenvalue weighted by Gasteiger charge is 2.17. The highest BCUT2D eigenvalue weighted by Crippen LogP contribution is 2.32. The first-order valence-corrected chi connectivity index (χ1v) is 7.78. The fraction of sp³-hybridized carbons (Fsp3) is 0.235. The lowest BCUT2D eigenvalue weighted by molar-refractivity contribution is -0.120. The zero-order chi connectivity index (χ0) is 18.7. The monoisotopic (exact) mass is 359 g/mol. The summed E-state index contributed by atoms with van der Waals surface area (Å²) in [7, 11) is 0. The van der Waals surface area contributed by atoms with Gasteiger partial charge >= 0.3 is 0 Å². The average Bonchev–Trinajstić information content (AvgIpc) is 3.22. The normalized spacial score (nSPS) is 11.8. The van der Waals surface area contributed by atoms with Crippen molar-refractivity contribution in [3.05, 3.63) is 46.9 Å². The number of benzene rings is 1. The van der Waals surface area contributed by atoms with E-state index in [0.29, 0.717) is 34.1 Å². The number of fused-ring (bicyclic) bond motifs is 1. The van der Waals surface area contributed by atoms with Crippen LogP contribution in [0, 0.1) is 13.8 Å². The molecule has 3 N–H and O–H groups in total. The molecule has 1 aromatic carbocycles. The van der Waals surface area contributed by atoms with E-state index in [1.54, 1.807) is 32.0 Å². The van der Waals surface area contributed by atoms with Gasteiger partial charge in [0, 0.05) is 5.56 Å². The maximum atomic E-state index is 12.1. The van der Waals surface area contributed by atoms with E-state index >= 15 is 0 Å². The highest BCUT2D eigenvalue weighted by molar-refractivity contribution is 5.98. The van der Waals surface area contributed by atoms with Gasteiger partial charge in [0.1, 0.15) is 11.5 Å². The van der Waals surface area contributed by atoms with Crippen LogP contribution in [-0.2, 0) is 4.79 Å². The van der Waals surface area contributed by atoms with Gasteiger partial charge in [-0.05, 0) is 38.1 Å². The van der Waals surface area contributed by atoms with E-state index in [1.165, 1.54) is 6.07 Å². The van der Waals surface area contributed by atoms with Crippen LogP contribution in [0.4, 0.5) is 0 Å². The lowest BCUT2D eigenvalue weighted by atomic mass is 10.2. The van der Waals surface area contributed by atoms with Crippen LogP contribution in [0.3, 0.4) is 0 Å². The Morgan fingerprint density at radius 2 is 1.77 bits per heavy atom. The molecule has 0 spiro atoms. The second-order valence-electron chi connectivity index (χ2n) is 5.58. The first kappa shape index (κ1) is 17.3. The minimum absolute atomic E-state index is 0.109. The number of carbonyl (C=O) groups excluding carboxylic acids is 3. The number of hydrogen-bond donors (Lipinski definition) is 3. The van der Waals surface area contributed by atoms with Gasteiger partial charge in [-0.15, -0.1) is 0 Å².